The number of pyridine rings is 1. The van der Waals surface area contributed by atoms with Crippen LogP contribution in [0.4, 0.5) is 5.82 Å². The SMILES string of the molecule is OCCCC#Cc1cccn2c(N3CCCNC3)cnc12. The largest absolute Gasteiger partial charge is 0.396 e. The molecule has 1 fully saturated rings. The highest BCUT2D eigenvalue weighted by Gasteiger charge is 2.15. The zero-order valence-electron chi connectivity index (χ0n) is 12.0. The number of nitrogens with zero attached hydrogens (tertiary/aromatic N) is 3. The predicted molar refractivity (Wildman–Crippen MR) is 83.2 cm³/mol. The van der Waals surface area contributed by atoms with Crippen molar-refractivity contribution in [2.45, 2.75) is 19.3 Å². The van der Waals surface area contributed by atoms with Crippen LogP contribution in [0.25, 0.3) is 5.65 Å². The van der Waals surface area contributed by atoms with Gasteiger partial charge < -0.3 is 10.0 Å². The Morgan fingerprint density at radius 1 is 1.43 bits per heavy atom. The fourth-order valence-corrected chi connectivity index (χ4v) is 2.54. The molecular weight excluding hydrogens is 264 g/mol. The first-order valence-corrected chi connectivity index (χ1v) is 7.41. The summed E-state index contributed by atoms with van der Waals surface area (Å²) in [6.07, 6.45) is 6.52. The van der Waals surface area contributed by atoms with Gasteiger partial charge in [-0.1, -0.05) is 11.8 Å². The first-order valence-electron chi connectivity index (χ1n) is 7.41. The third kappa shape index (κ3) is 3.02. The molecule has 5 heteroatoms. The Morgan fingerprint density at radius 3 is 3.19 bits per heavy atom. The van der Waals surface area contributed by atoms with Crippen molar-refractivity contribution in [1.29, 1.82) is 0 Å². The molecular formula is C16H20N4O. The van der Waals surface area contributed by atoms with E-state index >= 15 is 0 Å². The van der Waals surface area contributed by atoms with Crippen LogP contribution in [0.3, 0.4) is 0 Å². The van der Waals surface area contributed by atoms with Crippen LogP contribution in [0.15, 0.2) is 24.5 Å². The van der Waals surface area contributed by atoms with Gasteiger partial charge in [0.2, 0.25) is 0 Å². The Hall–Kier alpha value is -2.03. The summed E-state index contributed by atoms with van der Waals surface area (Å²) in [6.45, 7) is 3.18. The third-order valence-corrected chi connectivity index (χ3v) is 3.61. The molecule has 0 aromatic carbocycles. The van der Waals surface area contributed by atoms with E-state index in [4.69, 9.17) is 5.11 Å². The summed E-state index contributed by atoms with van der Waals surface area (Å²) < 4.78 is 2.10. The van der Waals surface area contributed by atoms with Crippen LogP contribution in [-0.2, 0) is 0 Å². The molecule has 110 valence electrons. The molecule has 2 N–H and O–H groups in total. The second-order valence-electron chi connectivity index (χ2n) is 5.14. The van der Waals surface area contributed by atoms with Crippen LogP contribution in [0.1, 0.15) is 24.8 Å². The van der Waals surface area contributed by atoms with Crippen molar-refractivity contribution in [1.82, 2.24) is 14.7 Å². The Balaban J connectivity index is 1.89. The lowest BCUT2D eigenvalue weighted by molar-refractivity contribution is 0.290. The van der Waals surface area contributed by atoms with E-state index in [-0.39, 0.29) is 6.61 Å². The molecule has 0 radical (unpaired) electrons. The van der Waals surface area contributed by atoms with Crippen molar-refractivity contribution in [2.24, 2.45) is 0 Å². The van der Waals surface area contributed by atoms with Gasteiger partial charge in [-0.15, -0.1) is 0 Å². The van der Waals surface area contributed by atoms with Crippen molar-refractivity contribution in [3.63, 3.8) is 0 Å². The van der Waals surface area contributed by atoms with Crippen LogP contribution in [-0.4, -0.2) is 40.9 Å². The quantitative estimate of drug-likeness (QED) is 0.657. The number of rotatable bonds is 3. The molecule has 2 aromatic heterocycles. The minimum absolute atomic E-state index is 0.189. The second kappa shape index (κ2) is 6.61. The molecule has 0 saturated carbocycles. The first-order chi connectivity index (χ1) is 10.4. The van der Waals surface area contributed by atoms with Crippen LogP contribution in [0, 0.1) is 11.8 Å². The van der Waals surface area contributed by atoms with E-state index in [1.807, 2.05) is 24.5 Å². The van der Waals surface area contributed by atoms with Crippen LogP contribution in [0.5, 0.6) is 0 Å². The molecule has 2 aromatic rings. The number of nitrogens with one attached hydrogen (secondary N) is 1. The van der Waals surface area contributed by atoms with Crippen molar-refractivity contribution in [3.05, 3.63) is 30.1 Å². The number of aliphatic hydroxyl groups is 1. The van der Waals surface area contributed by atoms with Gasteiger partial charge in [0.05, 0.1) is 18.4 Å². The topological polar surface area (TPSA) is 52.8 Å². The van der Waals surface area contributed by atoms with Crippen LogP contribution < -0.4 is 10.2 Å². The van der Waals surface area contributed by atoms with Crippen molar-refractivity contribution >= 4 is 11.5 Å². The Bertz CT molecular complexity index is 662. The van der Waals surface area contributed by atoms with Crippen LogP contribution >= 0.6 is 0 Å². The molecule has 0 spiro atoms. The summed E-state index contributed by atoms with van der Waals surface area (Å²) in [7, 11) is 0. The lowest BCUT2D eigenvalue weighted by Crippen LogP contribution is -2.42. The summed E-state index contributed by atoms with van der Waals surface area (Å²) in [4.78, 5) is 6.83. The molecule has 21 heavy (non-hydrogen) atoms. The van der Waals surface area contributed by atoms with E-state index in [9.17, 15) is 0 Å². The lowest BCUT2D eigenvalue weighted by atomic mass is 10.2. The van der Waals surface area contributed by atoms with Gasteiger partial charge in [-0.25, -0.2) is 4.98 Å². The number of imidazole rings is 1. The highest BCUT2D eigenvalue weighted by molar-refractivity contribution is 5.62. The van der Waals surface area contributed by atoms with E-state index in [1.165, 1.54) is 0 Å². The van der Waals surface area contributed by atoms with Gasteiger partial charge in [-0.05, 0) is 31.5 Å². The highest BCUT2D eigenvalue weighted by Crippen LogP contribution is 2.19. The van der Waals surface area contributed by atoms with Gasteiger partial charge in [0.1, 0.15) is 5.82 Å². The standard InChI is InChI=1S/C16H20N4O/c21-11-3-1-2-6-14-7-4-10-20-15(12-18-16(14)20)19-9-5-8-17-13-19/h4,7,10,12,17,21H,1,3,5,8-9,11,13H2. The maximum atomic E-state index is 8.79. The van der Waals surface area contributed by atoms with E-state index in [2.05, 4.69) is 31.4 Å². The monoisotopic (exact) mass is 284 g/mol. The molecule has 3 rings (SSSR count). The Labute approximate surface area is 124 Å². The highest BCUT2D eigenvalue weighted by atomic mass is 16.2. The van der Waals surface area contributed by atoms with Gasteiger partial charge in [0.25, 0.3) is 0 Å². The van der Waals surface area contributed by atoms with Gasteiger partial charge in [-0.2, -0.15) is 0 Å². The number of unbranched alkanes of at least 4 members (excludes halogenated alkanes) is 1. The van der Waals surface area contributed by atoms with Gasteiger partial charge >= 0.3 is 0 Å². The van der Waals surface area contributed by atoms with Gasteiger partial charge in [-0.3, -0.25) is 9.72 Å². The third-order valence-electron chi connectivity index (χ3n) is 3.61. The second-order valence-corrected chi connectivity index (χ2v) is 5.14. The predicted octanol–water partition coefficient (Wildman–Crippen LogP) is 1.22. The van der Waals surface area contributed by atoms with Gasteiger partial charge in [0.15, 0.2) is 5.65 Å². The van der Waals surface area contributed by atoms with Crippen molar-refractivity contribution in [2.75, 3.05) is 31.3 Å². The molecule has 0 bridgehead atoms. The fraction of sp³-hybridized carbons (Fsp3) is 0.438. The van der Waals surface area contributed by atoms with E-state index < -0.39 is 0 Å². The fourth-order valence-electron chi connectivity index (χ4n) is 2.54. The number of hydrogen-bond acceptors (Lipinski definition) is 4. The Morgan fingerprint density at radius 2 is 2.38 bits per heavy atom. The summed E-state index contributed by atoms with van der Waals surface area (Å²) >= 11 is 0. The van der Waals surface area contributed by atoms with E-state index in [0.29, 0.717) is 6.42 Å². The maximum Gasteiger partial charge on any atom is 0.154 e. The molecule has 0 unspecified atom stereocenters. The summed E-state index contributed by atoms with van der Waals surface area (Å²) in [5, 5.41) is 12.2. The smallest absolute Gasteiger partial charge is 0.154 e. The number of aromatic nitrogens is 2. The maximum absolute atomic E-state index is 8.79. The lowest BCUT2D eigenvalue weighted by Gasteiger charge is -2.28. The molecule has 0 amide bonds. The van der Waals surface area contributed by atoms with Crippen molar-refractivity contribution < 1.29 is 5.11 Å². The average molecular weight is 284 g/mol. The average Bonchev–Trinajstić information content (AvgIpc) is 2.97. The molecule has 5 nitrogen and oxygen atoms in total. The normalized spacial score (nSPS) is 15.0. The molecule has 3 heterocycles. The minimum Gasteiger partial charge on any atom is -0.396 e. The number of anilines is 1. The molecule has 1 aliphatic rings. The summed E-state index contributed by atoms with van der Waals surface area (Å²) in [6, 6.07) is 4.00. The molecule has 1 aliphatic heterocycles. The molecule has 0 atom stereocenters. The first kappa shape index (κ1) is 13.9. The van der Waals surface area contributed by atoms with Crippen LogP contribution in [0.2, 0.25) is 0 Å². The summed E-state index contributed by atoms with van der Waals surface area (Å²) in [5.74, 6) is 7.36. The van der Waals surface area contributed by atoms with E-state index in [1.54, 1.807) is 0 Å². The molecule has 0 aliphatic carbocycles. The minimum atomic E-state index is 0.189. The number of hydrogen-bond donors (Lipinski definition) is 2. The molecule has 1 saturated heterocycles. The Kier molecular flexibility index (Phi) is 4.39. The van der Waals surface area contributed by atoms with Crippen molar-refractivity contribution in [3.8, 4) is 11.8 Å². The zero-order valence-corrected chi connectivity index (χ0v) is 12.0. The van der Waals surface area contributed by atoms with E-state index in [0.717, 1.165) is 49.6 Å². The zero-order chi connectivity index (χ0) is 14.5. The van der Waals surface area contributed by atoms with Gasteiger partial charge in [0, 0.05) is 25.8 Å². The number of fused-ring (bicyclic) bond motifs is 1. The number of aliphatic hydroxyl groups excluding tert-OH is 1. The summed E-state index contributed by atoms with van der Waals surface area (Å²) in [5.41, 5.74) is 1.83.